The average Bonchev–Trinajstić information content (AvgIpc) is 3.78. The van der Waals surface area contributed by atoms with Crippen LogP contribution in [0.25, 0.3) is 65.4 Å². The van der Waals surface area contributed by atoms with Crippen LogP contribution in [0.15, 0.2) is 154 Å². The van der Waals surface area contributed by atoms with Crippen LogP contribution in [0.2, 0.25) is 0 Å². The molecule has 0 aliphatic rings. The van der Waals surface area contributed by atoms with Crippen molar-refractivity contribution in [3.8, 4) is 0 Å². The molecule has 4 nitrogen and oxygen atoms in total. The lowest BCUT2D eigenvalue weighted by atomic mass is 9.99. The topological polar surface area (TPSA) is 32.8 Å². The molecular formula is C58H48N2O2. The van der Waals surface area contributed by atoms with Gasteiger partial charge in [-0.15, -0.1) is 0 Å². The van der Waals surface area contributed by atoms with Crippen molar-refractivity contribution in [3.63, 3.8) is 0 Å². The zero-order valence-electron chi connectivity index (χ0n) is 36.6. The lowest BCUT2D eigenvalue weighted by molar-refractivity contribution is 0.663. The van der Waals surface area contributed by atoms with E-state index in [0.29, 0.717) is 0 Å². The number of fused-ring (bicyclic) bond motifs is 9. The molecule has 0 bridgehead atoms. The monoisotopic (exact) mass is 804 g/mol. The van der Waals surface area contributed by atoms with Crippen LogP contribution >= 0.6 is 0 Å². The minimum atomic E-state index is 0.853. The molecule has 11 aromatic rings. The van der Waals surface area contributed by atoms with Crippen LogP contribution in [0.4, 0.5) is 34.1 Å². The molecule has 302 valence electrons. The summed E-state index contributed by atoms with van der Waals surface area (Å²) in [5.41, 5.74) is 20.3. The van der Waals surface area contributed by atoms with Crippen molar-refractivity contribution < 1.29 is 8.83 Å². The van der Waals surface area contributed by atoms with E-state index in [4.69, 9.17) is 8.83 Å². The van der Waals surface area contributed by atoms with Crippen molar-refractivity contribution in [2.75, 3.05) is 9.80 Å². The second-order valence-electron chi connectivity index (χ2n) is 17.6. The van der Waals surface area contributed by atoms with E-state index in [-0.39, 0.29) is 0 Å². The van der Waals surface area contributed by atoms with Gasteiger partial charge in [-0.05, 0) is 184 Å². The molecule has 2 heterocycles. The molecule has 0 N–H and O–H groups in total. The molecule has 62 heavy (non-hydrogen) atoms. The van der Waals surface area contributed by atoms with Gasteiger partial charge in [0.05, 0.1) is 0 Å². The molecular weight excluding hydrogens is 757 g/mol. The maximum absolute atomic E-state index is 6.71. The van der Waals surface area contributed by atoms with Crippen LogP contribution in [0, 0.1) is 55.4 Å². The number of hydrogen-bond acceptors (Lipinski definition) is 4. The summed E-state index contributed by atoms with van der Waals surface area (Å²) in [7, 11) is 0. The number of benzene rings is 9. The standard InChI is InChI=1S/C58H48N2O2/c1-33-9-17-49(37(5)23-33)59(50-18-10-34(2)24-38(50)6)45-15-13-41-29-47-55(31-43(41)27-45)61-53-21-22-54-58(57(47)53)48-30-42-14-16-46(28-44(42)32-56(48)62-54)60(51-19-11-35(3)25-39(51)7)52-20-12-36(4)26-40(52)8/h9-32H,1-8H3. The third-order valence-electron chi connectivity index (χ3n) is 12.8. The van der Waals surface area contributed by atoms with E-state index >= 15 is 0 Å². The van der Waals surface area contributed by atoms with Gasteiger partial charge in [0.25, 0.3) is 0 Å². The fourth-order valence-corrected chi connectivity index (χ4v) is 9.91. The Morgan fingerprint density at radius 1 is 0.290 bits per heavy atom. The highest BCUT2D eigenvalue weighted by Gasteiger charge is 2.22. The third kappa shape index (κ3) is 6.12. The lowest BCUT2D eigenvalue weighted by Crippen LogP contribution is -2.13. The Morgan fingerprint density at radius 2 is 0.629 bits per heavy atom. The molecule has 0 unspecified atom stereocenters. The van der Waals surface area contributed by atoms with Crippen molar-refractivity contribution in [1.82, 2.24) is 0 Å². The van der Waals surface area contributed by atoms with Gasteiger partial charge < -0.3 is 18.6 Å². The van der Waals surface area contributed by atoms with Gasteiger partial charge in [-0.3, -0.25) is 0 Å². The van der Waals surface area contributed by atoms with E-state index in [0.717, 1.165) is 76.8 Å². The lowest BCUT2D eigenvalue weighted by Gasteiger charge is -2.29. The predicted molar refractivity (Wildman–Crippen MR) is 263 cm³/mol. The first-order valence-electron chi connectivity index (χ1n) is 21.6. The smallest absolute Gasteiger partial charge is 0.136 e. The number of aryl methyl sites for hydroxylation is 8. The molecule has 0 saturated heterocycles. The molecule has 9 aromatic carbocycles. The first-order valence-corrected chi connectivity index (χ1v) is 21.6. The Morgan fingerprint density at radius 3 is 0.952 bits per heavy atom. The second kappa shape index (κ2) is 14.1. The number of nitrogens with zero attached hydrogens (tertiary/aromatic N) is 2. The Hall–Kier alpha value is -7.30. The van der Waals surface area contributed by atoms with E-state index in [2.05, 4.69) is 211 Å². The highest BCUT2D eigenvalue weighted by atomic mass is 16.3. The van der Waals surface area contributed by atoms with Gasteiger partial charge >= 0.3 is 0 Å². The van der Waals surface area contributed by atoms with Crippen LogP contribution in [0.1, 0.15) is 44.5 Å². The molecule has 0 aliphatic carbocycles. The number of anilines is 6. The number of rotatable bonds is 6. The third-order valence-corrected chi connectivity index (χ3v) is 12.8. The Balaban J connectivity index is 1.05. The molecule has 11 rings (SSSR count). The van der Waals surface area contributed by atoms with Crippen molar-refractivity contribution in [2.24, 2.45) is 0 Å². The summed E-state index contributed by atoms with van der Waals surface area (Å²) in [4.78, 5) is 4.79. The van der Waals surface area contributed by atoms with Gasteiger partial charge in [-0.2, -0.15) is 0 Å². The highest BCUT2D eigenvalue weighted by Crippen LogP contribution is 2.46. The Labute approximate surface area is 362 Å². The van der Waals surface area contributed by atoms with Crippen molar-refractivity contribution in [3.05, 3.63) is 190 Å². The van der Waals surface area contributed by atoms with Gasteiger partial charge in [0, 0.05) is 55.7 Å². The van der Waals surface area contributed by atoms with Crippen molar-refractivity contribution >= 4 is 99.5 Å². The van der Waals surface area contributed by atoms with Crippen molar-refractivity contribution in [1.29, 1.82) is 0 Å². The van der Waals surface area contributed by atoms with Crippen LogP contribution in [0.3, 0.4) is 0 Å². The summed E-state index contributed by atoms with van der Waals surface area (Å²) in [6, 6.07) is 53.5. The molecule has 0 saturated carbocycles. The molecule has 0 amide bonds. The maximum atomic E-state index is 6.71. The predicted octanol–water partition coefficient (Wildman–Crippen LogP) is 17.2. The Bertz CT molecular complexity index is 3300. The Kier molecular flexibility index (Phi) is 8.59. The molecule has 0 radical (unpaired) electrons. The van der Waals surface area contributed by atoms with Crippen molar-refractivity contribution in [2.45, 2.75) is 55.4 Å². The zero-order valence-corrected chi connectivity index (χ0v) is 36.6. The molecule has 4 heteroatoms. The summed E-state index contributed by atoms with van der Waals surface area (Å²) >= 11 is 0. The van der Waals surface area contributed by atoms with Crippen LogP contribution in [-0.4, -0.2) is 0 Å². The van der Waals surface area contributed by atoms with Crippen LogP contribution < -0.4 is 9.80 Å². The van der Waals surface area contributed by atoms with Gasteiger partial charge in [-0.1, -0.05) is 82.9 Å². The van der Waals surface area contributed by atoms with E-state index < -0.39 is 0 Å². The average molecular weight is 805 g/mol. The summed E-state index contributed by atoms with van der Waals surface area (Å²) in [6.45, 7) is 17.4. The molecule has 0 aliphatic heterocycles. The SMILES string of the molecule is Cc1ccc(N(c2ccc3cc4c(cc3c2)oc2ccc3oc5cc6cc(N(c7ccc(C)cc7C)c7ccc(C)cc7C)ccc6cc5c3c24)c2ccc(C)cc2C)c(C)c1. The van der Waals surface area contributed by atoms with Gasteiger partial charge in [0.15, 0.2) is 0 Å². The van der Waals surface area contributed by atoms with E-state index in [9.17, 15) is 0 Å². The molecule has 2 aromatic heterocycles. The minimum absolute atomic E-state index is 0.853. The van der Waals surface area contributed by atoms with Crippen LogP contribution in [-0.2, 0) is 0 Å². The first kappa shape index (κ1) is 37.7. The molecule has 0 atom stereocenters. The highest BCUT2D eigenvalue weighted by molar-refractivity contribution is 6.28. The van der Waals surface area contributed by atoms with E-state index in [1.807, 2.05) is 0 Å². The maximum Gasteiger partial charge on any atom is 0.136 e. The van der Waals surface area contributed by atoms with Gasteiger partial charge in [0.1, 0.15) is 22.3 Å². The summed E-state index contributed by atoms with van der Waals surface area (Å²) in [5.74, 6) is 0. The van der Waals surface area contributed by atoms with E-state index in [1.165, 1.54) is 67.3 Å². The fraction of sp³-hybridized carbons (Fsp3) is 0.138. The number of furan rings is 2. The summed E-state index contributed by atoms with van der Waals surface area (Å²) < 4.78 is 13.4. The van der Waals surface area contributed by atoms with E-state index in [1.54, 1.807) is 0 Å². The summed E-state index contributed by atoms with van der Waals surface area (Å²) in [5, 5.41) is 8.90. The van der Waals surface area contributed by atoms with Gasteiger partial charge in [0.2, 0.25) is 0 Å². The normalized spacial score (nSPS) is 11.9. The quantitative estimate of drug-likeness (QED) is 0.168. The molecule has 0 fully saturated rings. The zero-order chi connectivity index (χ0) is 42.6. The molecule has 0 spiro atoms. The first-order chi connectivity index (χ1) is 30.0. The second-order valence-corrected chi connectivity index (χ2v) is 17.6. The summed E-state index contributed by atoms with van der Waals surface area (Å²) in [6.07, 6.45) is 0. The van der Waals surface area contributed by atoms with Gasteiger partial charge in [-0.25, -0.2) is 0 Å². The van der Waals surface area contributed by atoms with Crippen LogP contribution in [0.5, 0.6) is 0 Å². The number of hydrogen-bond donors (Lipinski definition) is 0. The minimum Gasteiger partial charge on any atom is -0.456 e. The largest absolute Gasteiger partial charge is 0.456 e. The fourth-order valence-electron chi connectivity index (χ4n) is 9.91.